The van der Waals surface area contributed by atoms with E-state index >= 15 is 0 Å². The SMILES string of the molecule is CNC(Cl)c1ccc(-c2ccccc2)cc1. The largest absolute Gasteiger partial charge is 0.301 e. The standard InChI is InChI=1S/C14H14ClN/c1-16-14(15)13-9-7-12(8-10-13)11-5-3-2-4-6-11/h2-10,14,16H,1H3. The predicted molar refractivity (Wildman–Crippen MR) is 69.5 cm³/mol. The topological polar surface area (TPSA) is 12.0 Å². The highest BCUT2D eigenvalue weighted by molar-refractivity contribution is 6.20. The van der Waals surface area contributed by atoms with Crippen molar-refractivity contribution in [1.29, 1.82) is 0 Å². The quantitative estimate of drug-likeness (QED) is 0.626. The molecule has 2 rings (SSSR count). The first-order valence-corrected chi connectivity index (χ1v) is 5.71. The van der Waals surface area contributed by atoms with Gasteiger partial charge in [0.05, 0.1) is 0 Å². The van der Waals surface area contributed by atoms with Crippen molar-refractivity contribution in [2.24, 2.45) is 0 Å². The maximum atomic E-state index is 6.08. The highest BCUT2D eigenvalue weighted by Gasteiger charge is 2.04. The van der Waals surface area contributed by atoms with E-state index in [1.54, 1.807) is 0 Å². The van der Waals surface area contributed by atoms with Crippen molar-refractivity contribution < 1.29 is 0 Å². The van der Waals surface area contributed by atoms with Gasteiger partial charge in [0, 0.05) is 0 Å². The van der Waals surface area contributed by atoms with E-state index in [0.29, 0.717) is 0 Å². The van der Waals surface area contributed by atoms with Gasteiger partial charge in [0.2, 0.25) is 0 Å². The fourth-order valence-corrected chi connectivity index (χ4v) is 1.79. The van der Waals surface area contributed by atoms with Gasteiger partial charge < -0.3 is 5.32 Å². The van der Waals surface area contributed by atoms with Crippen molar-refractivity contribution >= 4 is 11.6 Å². The van der Waals surface area contributed by atoms with Crippen molar-refractivity contribution in [3.05, 3.63) is 60.2 Å². The lowest BCUT2D eigenvalue weighted by molar-refractivity contribution is 0.784. The molecule has 2 aromatic rings. The molecule has 1 atom stereocenters. The minimum Gasteiger partial charge on any atom is -0.301 e. The fourth-order valence-electron chi connectivity index (χ4n) is 1.64. The van der Waals surface area contributed by atoms with Crippen LogP contribution in [-0.2, 0) is 0 Å². The van der Waals surface area contributed by atoms with Crippen molar-refractivity contribution in [2.45, 2.75) is 5.50 Å². The lowest BCUT2D eigenvalue weighted by Crippen LogP contribution is -2.09. The number of hydrogen-bond acceptors (Lipinski definition) is 1. The lowest BCUT2D eigenvalue weighted by atomic mass is 10.0. The van der Waals surface area contributed by atoms with E-state index in [1.807, 2.05) is 25.2 Å². The summed E-state index contributed by atoms with van der Waals surface area (Å²) in [5.41, 5.74) is 3.41. The zero-order chi connectivity index (χ0) is 11.4. The van der Waals surface area contributed by atoms with Crippen LogP contribution in [0, 0.1) is 0 Å². The Kier molecular flexibility index (Phi) is 3.60. The molecule has 0 aliphatic rings. The molecule has 0 bridgehead atoms. The summed E-state index contributed by atoms with van der Waals surface area (Å²) in [7, 11) is 1.85. The lowest BCUT2D eigenvalue weighted by Gasteiger charge is -2.09. The Bertz CT molecular complexity index is 436. The summed E-state index contributed by atoms with van der Waals surface area (Å²) in [4.78, 5) is 0. The summed E-state index contributed by atoms with van der Waals surface area (Å²) in [6.45, 7) is 0. The van der Waals surface area contributed by atoms with E-state index in [2.05, 4.69) is 41.7 Å². The number of nitrogens with one attached hydrogen (secondary N) is 1. The van der Waals surface area contributed by atoms with Crippen LogP contribution < -0.4 is 5.32 Å². The highest BCUT2D eigenvalue weighted by Crippen LogP contribution is 2.22. The van der Waals surface area contributed by atoms with E-state index in [4.69, 9.17) is 11.6 Å². The summed E-state index contributed by atoms with van der Waals surface area (Å²) < 4.78 is 0. The van der Waals surface area contributed by atoms with Crippen molar-refractivity contribution in [1.82, 2.24) is 5.32 Å². The van der Waals surface area contributed by atoms with Crippen molar-refractivity contribution in [3.8, 4) is 11.1 Å². The van der Waals surface area contributed by atoms with Crippen LogP contribution in [0.5, 0.6) is 0 Å². The first-order chi connectivity index (χ1) is 7.81. The van der Waals surface area contributed by atoms with E-state index in [1.165, 1.54) is 11.1 Å². The third-order valence-electron chi connectivity index (χ3n) is 2.56. The second kappa shape index (κ2) is 5.15. The zero-order valence-corrected chi connectivity index (χ0v) is 9.91. The van der Waals surface area contributed by atoms with Gasteiger partial charge in [0.15, 0.2) is 0 Å². The van der Waals surface area contributed by atoms with E-state index in [0.717, 1.165) is 5.56 Å². The van der Waals surface area contributed by atoms with Gasteiger partial charge in [-0.05, 0) is 23.7 Å². The van der Waals surface area contributed by atoms with Gasteiger partial charge in [0.1, 0.15) is 5.50 Å². The predicted octanol–water partition coefficient (Wildman–Crippen LogP) is 3.81. The van der Waals surface area contributed by atoms with Gasteiger partial charge >= 0.3 is 0 Å². The number of alkyl halides is 1. The third kappa shape index (κ3) is 2.43. The van der Waals surface area contributed by atoms with Gasteiger partial charge in [0.25, 0.3) is 0 Å². The zero-order valence-electron chi connectivity index (χ0n) is 9.15. The minimum atomic E-state index is -0.121. The molecule has 2 aromatic carbocycles. The summed E-state index contributed by atoms with van der Waals surface area (Å²) >= 11 is 6.08. The summed E-state index contributed by atoms with van der Waals surface area (Å²) in [5, 5.41) is 3.01. The van der Waals surface area contributed by atoms with E-state index in [-0.39, 0.29) is 5.50 Å². The monoisotopic (exact) mass is 231 g/mol. The fraction of sp³-hybridized carbons (Fsp3) is 0.143. The summed E-state index contributed by atoms with van der Waals surface area (Å²) in [6.07, 6.45) is 0. The first-order valence-electron chi connectivity index (χ1n) is 5.28. The summed E-state index contributed by atoms with van der Waals surface area (Å²) in [6, 6.07) is 18.6. The Balaban J connectivity index is 2.26. The van der Waals surface area contributed by atoms with Crippen LogP contribution in [0.1, 0.15) is 11.1 Å². The Morgan fingerprint density at radius 2 is 1.44 bits per heavy atom. The van der Waals surface area contributed by atoms with Crippen LogP contribution in [0.2, 0.25) is 0 Å². The highest BCUT2D eigenvalue weighted by atomic mass is 35.5. The maximum Gasteiger partial charge on any atom is 0.108 e. The van der Waals surface area contributed by atoms with Crippen LogP contribution in [-0.4, -0.2) is 7.05 Å². The smallest absolute Gasteiger partial charge is 0.108 e. The molecule has 1 N–H and O–H groups in total. The normalized spacial score (nSPS) is 12.4. The van der Waals surface area contributed by atoms with Crippen LogP contribution in [0.15, 0.2) is 54.6 Å². The molecule has 0 spiro atoms. The van der Waals surface area contributed by atoms with Gasteiger partial charge in [-0.3, -0.25) is 0 Å². The van der Waals surface area contributed by atoms with E-state index < -0.39 is 0 Å². The molecular weight excluding hydrogens is 218 g/mol. The Morgan fingerprint density at radius 1 is 0.875 bits per heavy atom. The molecule has 82 valence electrons. The average molecular weight is 232 g/mol. The molecule has 2 heteroatoms. The number of hydrogen-bond donors (Lipinski definition) is 1. The Labute approximate surface area is 101 Å². The van der Waals surface area contributed by atoms with Crippen molar-refractivity contribution in [3.63, 3.8) is 0 Å². The molecule has 0 saturated heterocycles. The van der Waals surface area contributed by atoms with Gasteiger partial charge in [-0.25, -0.2) is 0 Å². The molecule has 1 unspecified atom stereocenters. The second-order valence-corrected chi connectivity index (χ2v) is 4.08. The maximum absolute atomic E-state index is 6.08. The van der Waals surface area contributed by atoms with Crippen LogP contribution in [0.4, 0.5) is 0 Å². The molecule has 0 amide bonds. The van der Waals surface area contributed by atoms with Crippen LogP contribution in [0.3, 0.4) is 0 Å². The number of rotatable bonds is 3. The second-order valence-electron chi connectivity index (χ2n) is 3.64. The van der Waals surface area contributed by atoms with Crippen LogP contribution >= 0.6 is 11.6 Å². The summed E-state index contributed by atoms with van der Waals surface area (Å²) in [5.74, 6) is 0. The average Bonchev–Trinajstić information content (AvgIpc) is 2.39. The number of halogens is 1. The van der Waals surface area contributed by atoms with Gasteiger partial charge in [-0.1, -0.05) is 54.6 Å². The van der Waals surface area contributed by atoms with E-state index in [9.17, 15) is 0 Å². The molecule has 1 nitrogen and oxygen atoms in total. The number of benzene rings is 2. The molecule has 0 aromatic heterocycles. The first kappa shape index (κ1) is 11.2. The Hall–Kier alpha value is -1.31. The molecule has 0 aliphatic carbocycles. The molecule has 0 radical (unpaired) electrons. The minimum absolute atomic E-state index is 0.121. The molecule has 0 saturated carbocycles. The third-order valence-corrected chi connectivity index (χ3v) is 3.03. The van der Waals surface area contributed by atoms with Crippen molar-refractivity contribution in [2.75, 3.05) is 7.05 Å². The van der Waals surface area contributed by atoms with Gasteiger partial charge in [-0.2, -0.15) is 0 Å². The molecule has 0 fully saturated rings. The molecule has 0 heterocycles. The molecule has 16 heavy (non-hydrogen) atoms. The molecular formula is C14H14ClN. The van der Waals surface area contributed by atoms with Gasteiger partial charge in [-0.15, -0.1) is 11.6 Å². The molecule has 0 aliphatic heterocycles. The van der Waals surface area contributed by atoms with Crippen LogP contribution in [0.25, 0.3) is 11.1 Å². The Morgan fingerprint density at radius 3 is 2.00 bits per heavy atom.